The molecule has 0 saturated heterocycles. The Hall–Kier alpha value is -10.3. The molecule has 13 aromatic carbocycles. The number of benzene rings is 13. The minimum Gasteiger partial charge on any atom is -0.309 e. The molecule has 15 rings (SSSR count). The van der Waals surface area contributed by atoms with E-state index in [4.69, 9.17) is 0 Å². The van der Waals surface area contributed by atoms with Crippen LogP contribution in [0.1, 0.15) is 0 Å². The number of fused-ring (bicyclic) bond motifs is 6. The van der Waals surface area contributed by atoms with Crippen LogP contribution in [0.3, 0.4) is 0 Å². The fraction of sp³-hybridized carbons (Fsp3) is 0. The van der Waals surface area contributed by atoms with E-state index in [9.17, 15) is 0 Å². The Balaban J connectivity index is 1.04. The van der Waals surface area contributed by atoms with Crippen molar-refractivity contribution in [3.05, 3.63) is 303 Å². The summed E-state index contributed by atoms with van der Waals surface area (Å²) >= 11 is 0. The first-order valence-corrected chi connectivity index (χ1v) is 26.9. The lowest BCUT2D eigenvalue weighted by atomic mass is 9.84. The van der Waals surface area contributed by atoms with Gasteiger partial charge in [-0.05, 0) is 170 Å². The third-order valence-corrected chi connectivity index (χ3v) is 15.9. The molecule has 0 aliphatic heterocycles. The smallest absolute Gasteiger partial charge is 0.0535 e. The van der Waals surface area contributed by atoms with Gasteiger partial charge in [-0.25, -0.2) is 0 Å². The molecular weight excluding hydrogens is 941 g/mol. The van der Waals surface area contributed by atoms with Crippen molar-refractivity contribution in [1.82, 2.24) is 9.13 Å². The minimum atomic E-state index is 1.10. The molecule has 0 atom stereocenters. The molecule has 0 unspecified atom stereocenters. The second-order valence-electron chi connectivity index (χ2n) is 20.4. The van der Waals surface area contributed by atoms with Crippen LogP contribution in [0.5, 0.6) is 0 Å². The van der Waals surface area contributed by atoms with Crippen LogP contribution in [-0.4, -0.2) is 9.13 Å². The third kappa shape index (κ3) is 7.65. The molecule has 0 amide bonds. The van der Waals surface area contributed by atoms with E-state index in [1.165, 1.54) is 81.7 Å². The van der Waals surface area contributed by atoms with Crippen LogP contribution in [0.4, 0.5) is 0 Å². The van der Waals surface area contributed by atoms with Crippen molar-refractivity contribution < 1.29 is 0 Å². The first-order chi connectivity index (χ1) is 38.7. The van der Waals surface area contributed by atoms with Gasteiger partial charge in [-0.3, -0.25) is 0 Å². The zero-order valence-electron chi connectivity index (χ0n) is 42.8. The Morgan fingerprint density at radius 3 is 1.06 bits per heavy atom. The lowest BCUT2D eigenvalue weighted by molar-refractivity contribution is 1.10. The van der Waals surface area contributed by atoms with Crippen molar-refractivity contribution in [1.29, 1.82) is 0 Å². The van der Waals surface area contributed by atoms with E-state index in [-0.39, 0.29) is 0 Å². The van der Waals surface area contributed by atoms with Gasteiger partial charge in [-0.15, -0.1) is 0 Å². The average molecular weight is 991 g/mol. The number of rotatable bonds is 9. The molecular formula is C76H50N2. The van der Waals surface area contributed by atoms with E-state index in [1.807, 2.05) is 0 Å². The van der Waals surface area contributed by atoms with Crippen LogP contribution < -0.4 is 0 Å². The van der Waals surface area contributed by atoms with Crippen molar-refractivity contribution in [3.63, 3.8) is 0 Å². The van der Waals surface area contributed by atoms with Crippen molar-refractivity contribution in [2.24, 2.45) is 0 Å². The molecule has 0 spiro atoms. The predicted octanol–water partition coefficient (Wildman–Crippen LogP) is 20.7. The lowest BCUT2D eigenvalue weighted by Gasteiger charge is -2.22. The van der Waals surface area contributed by atoms with Gasteiger partial charge < -0.3 is 9.13 Å². The summed E-state index contributed by atoms with van der Waals surface area (Å²) in [6.07, 6.45) is 0. The predicted molar refractivity (Wildman–Crippen MR) is 331 cm³/mol. The second kappa shape index (κ2) is 18.8. The summed E-state index contributed by atoms with van der Waals surface area (Å²) < 4.78 is 4.90. The Kier molecular flexibility index (Phi) is 10.9. The number of nitrogens with zero attached hydrogens (tertiary/aromatic N) is 2. The minimum absolute atomic E-state index is 1.10. The van der Waals surface area contributed by atoms with E-state index >= 15 is 0 Å². The maximum atomic E-state index is 2.46. The normalized spacial score (nSPS) is 11.6. The molecule has 15 aromatic rings. The van der Waals surface area contributed by atoms with Crippen LogP contribution in [0.25, 0.3) is 144 Å². The van der Waals surface area contributed by atoms with Crippen LogP contribution in [0.2, 0.25) is 0 Å². The molecule has 2 aromatic heterocycles. The van der Waals surface area contributed by atoms with E-state index in [2.05, 4.69) is 312 Å². The van der Waals surface area contributed by atoms with Crippen LogP contribution in [-0.2, 0) is 0 Å². The zero-order valence-corrected chi connectivity index (χ0v) is 42.8. The fourth-order valence-electron chi connectivity index (χ4n) is 12.3. The highest BCUT2D eigenvalue weighted by molar-refractivity contribution is 6.23. The molecule has 0 saturated carbocycles. The highest BCUT2D eigenvalue weighted by atomic mass is 15.0. The molecule has 0 fully saturated rings. The molecule has 0 N–H and O–H groups in total. The first-order valence-electron chi connectivity index (χ1n) is 26.9. The second-order valence-corrected chi connectivity index (χ2v) is 20.4. The van der Waals surface area contributed by atoms with Gasteiger partial charge in [-0.2, -0.15) is 0 Å². The standard InChI is InChI=1S/C76H50N2/c1-5-20-53(21-6-1)71-43-44-72(54-22-7-2-8-23-54)77(71)61-40-42-67-69(49-61)75(57-36-34-52(35-37-57)68-48-59-29-15-16-30-63(59)64-31-17-18-32-65(64)68)66-41-39-62(50-70(66)76(67)60-38-33-51-19-13-14-28-58(51)47-60)78-73(55-24-9-3-10-25-55)45-46-74(78)56-26-11-4-12-27-56/h1-50H. The van der Waals surface area contributed by atoms with Gasteiger partial charge in [0.05, 0.1) is 22.8 Å². The van der Waals surface area contributed by atoms with Gasteiger partial charge in [0, 0.05) is 11.4 Å². The van der Waals surface area contributed by atoms with Gasteiger partial charge in [-0.1, -0.05) is 243 Å². The monoisotopic (exact) mass is 990 g/mol. The quantitative estimate of drug-likeness (QED) is 0.101. The molecule has 0 aliphatic carbocycles. The molecule has 78 heavy (non-hydrogen) atoms. The highest BCUT2D eigenvalue weighted by Crippen LogP contribution is 2.48. The fourth-order valence-corrected chi connectivity index (χ4v) is 12.3. The summed E-state index contributed by atoms with van der Waals surface area (Å²) in [6, 6.07) is 112. The Labute approximate surface area is 453 Å². The van der Waals surface area contributed by atoms with E-state index in [1.54, 1.807) is 0 Å². The number of hydrogen-bond acceptors (Lipinski definition) is 0. The number of aromatic nitrogens is 2. The summed E-state index contributed by atoms with van der Waals surface area (Å²) in [7, 11) is 0. The van der Waals surface area contributed by atoms with Gasteiger partial charge in [0.15, 0.2) is 0 Å². The summed E-state index contributed by atoms with van der Waals surface area (Å²) in [5.74, 6) is 0. The Morgan fingerprint density at radius 1 is 0.179 bits per heavy atom. The first kappa shape index (κ1) is 45.1. The van der Waals surface area contributed by atoms with Gasteiger partial charge in [0.2, 0.25) is 0 Å². The summed E-state index contributed by atoms with van der Waals surface area (Å²) in [5.41, 5.74) is 18.5. The van der Waals surface area contributed by atoms with E-state index in [0.29, 0.717) is 0 Å². The average Bonchev–Trinajstić information content (AvgIpc) is 4.30. The van der Waals surface area contributed by atoms with Crippen molar-refractivity contribution in [2.45, 2.75) is 0 Å². The Bertz CT molecular complexity index is 4630. The van der Waals surface area contributed by atoms with Crippen LogP contribution in [0, 0.1) is 0 Å². The van der Waals surface area contributed by atoms with Crippen molar-refractivity contribution in [2.75, 3.05) is 0 Å². The van der Waals surface area contributed by atoms with Gasteiger partial charge in [0.25, 0.3) is 0 Å². The summed E-state index contributed by atoms with van der Waals surface area (Å²) in [5, 5.41) is 12.2. The topological polar surface area (TPSA) is 9.86 Å². The summed E-state index contributed by atoms with van der Waals surface area (Å²) in [6.45, 7) is 0. The SMILES string of the molecule is c1ccc(-c2ccc(-c3ccccc3)n2-c2ccc3c(-c4ccc5ccccc5c4)c4cc(-n5c(-c6ccccc6)ccc5-c5ccccc5)ccc4c(-c4ccc(-c5cc6ccccc6c6ccccc56)cc4)c3c2)cc1. The molecule has 364 valence electrons. The summed E-state index contributed by atoms with van der Waals surface area (Å²) in [4.78, 5) is 0. The molecule has 0 radical (unpaired) electrons. The lowest BCUT2D eigenvalue weighted by Crippen LogP contribution is -2.02. The zero-order chi connectivity index (χ0) is 51.5. The maximum Gasteiger partial charge on any atom is 0.0535 e. The van der Waals surface area contributed by atoms with E-state index in [0.717, 1.165) is 62.0 Å². The maximum absolute atomic E-state index is 2.46. The van der Waals surface area contributed by atoms with Gasteiger partial charge >= 0.3 is 0 Å². The third-order valence-electron chi connectivity index (χ3n) is 15.9. The molecule has 2 nitrogen and oxygen atoms in total. The van der Waals surface area contributed by atoms with Crippen molar-refractivity contribution in [3.8, 4) is 89.8 Å². The van der Waals surface area contributed by atoms with Crippen molar-refractivity contribution >= 4 is 53.9 Å². The molecule has 0 aliphatic rings. The largest absolute Gasteiger partial charge is 0.309 e. The highest BCUT2D eigenvalue weighted by Gasteiger charge is 2.23. The van der Waals surface area contributed by atoms with E-state index < -0.39 is 0 Å². The molecule has 2 heteroatoms. The van der Waals surface area contributed by atoms with Crippen LogP contribution >= 0.6 is 0 Å². The Morgan fingerprint density at radius 2 is 0.564 bits per heavy atom. The molecule has 2 heterocycles. The van der Waals surface area contributed by atoms with Crippen LogP contribution in [0.15, 0.2) is 303 Å². The molecule has 0 bridgehead atoms. The van der Waals surface area contributed by atoms with Gasteiger partial charge in [0.1, 0.15) is 0 Å². The number of hydrogen-bond donors (Lipinski definition) is 0.